The first-order valence-electron chi connectivity index (χ1n) is 23.3. The molecular formula is C49H53FN8O15. The van der Waals surface area contributed by atoms with Gasteiger partial charge in [-0.15, -0.1) is 0 Å². The van der Waals surface area contributed by atoms with Gasteiger partial charge in [-0.1, -0.05) is 37.3 Å². The average molecular weight is 1010 g/mol. The van der Waals surface area contributed by atoms with Crippen LogP contribution in [-0.4, -0.2) is 144 Å². The van der Waals surface area contributed by atoms with Crippen molar-refractivity contribution in [3.63, 3.8) is 0 Å². The molecule has 7 amide bonds. The maximum absolute atomic E-state index is 15.7. The number of carbonyl (C=O) groups excluding carboxylic acids is 8. The average Bonchev–Trinajstić information content (AvgIpc) is 3.91. The van der Waals surface area contributed by atoms with Crippen LogP contribution >= 0.6 is 0 Å². The molecule has 0 saturated heterocycles. The molecule has 2 aromatic heterocycles. The Morgan fingerprint density at radius 1 is 0.822 bits per heavy atom. The topological polar surface area (TPSA) is 312 Å². The van der Waals surface area contributed by atoms with Gasteiger partial charge in [-0.25, -0.2) is 14.2 Å². The Hall–Kier alpha value is -7.77. The van der Waals surface area contributed by atoms with E-state index in [1.807, 2.05) is 0 Å². The molecule has 2 atom stereocenters. The van der Waals surface area contributed by atoms with Crippen molar-refractivity contribution in [1.82, 2.24) is 35.7 Å². The number of ether oxygens (including phenoxy) is 4. The third-order valence-electron chi connectivity index (χ3n) is 12.2. The number of cyclic esters (lactones) is 1. The zero-order valence-corrected chi connectivity index (χ0v) is 39.6. The molecule has 7 N–H and O–H groups in total. The van der Waals surface area contributed by atoms with Crippen LogP contribution in [0.25, 0.3) is 22.3 Å². The van der Waals surface area contributed by atoms with Crippen molar-refractivity contribution in [2.75, 3.05) is 71.1 Å². The van der Waals surface area contributed by atoms with Crippen LogP contribution in [0, 0.1) is 5.82 Å². The van der Waals surface area contributed by atoms with E-state index in [-0.39, 0.29) is 135 Å². The van der Waals surface area contributed by atoms with Crippen molar-refractivity contribution >= 4 is 63.9 Å². The molecule has 7 rings (SSSR count). The number of hydrogen-bond acceptors (Lipinski definition) is 16. The number of rotatable bonds is 25. The van der Waals surface area contributed by atoms with E-state index in [0.29, 0.717) is 11.1 Å². The lowest BCUT2D eigenvalue weighted by Gasteiger charge is -2.31. The van der Waals surface area contributed by atoms with Gasteiger partial charge in [0.1, 0.15) is 18.5 Å². The molecule has 0 spiro atoms. The fourth-order valence-corrected chi connectivity index (χ4v) is 8.27. The normalized spacial score (nSPS) is 15.8. The summed E-state index contributed by atoms with van der Waals surface area (Å²) in [6.45, 7) is 0.177. The minimum Gasteiger partial charge on any atom is -0.458 e. The van der Waals surface area contributed by atoms with Gasteiger partial charge in [0.15, 0.2) is 5.60 Å². The number of esters is 1. The largest absolute Gasteiger partial charge is 0.458 e. The quantitative estimate of drug-likeness (QED) is 0.0212. The summed E-state index contributed by atoms with van der Waals surface area (Å²) in [5.74, 6) is -6.14. The third-order valence-corrected chi connectivity index (χ3v) is 12.2. The van der Waals surface area contributed by atoms with E-state index in [2.05, 4.69) is 31.6 Å². The number of amides is 7. The Labute approximate surface area is 415 Å². The van der Waals surface area contributed by atoms with Crippen molar-refractivity contribution in [2.24, 2.45) is 0 Å². The van der Waals surface area contributed by atoms with E-state index in [4.69, 9.17) is 18.9 Å². The molecule has 0 bridgehead atoms. The first-order chi connectivity index (χ1) is 35.1. The number of carbonyl (C=O) groups is 8. The van der Waals surface area contributed by atoms with Gasteiger partial charge in [0.05, 0.1) is 107 Å². The lowest BCUT2D eigenvalue weighted by Crippen LogP contribution is -2.52. The summed E-state index contributed by atoms with van der Waals surface area (Å²) in [5.41, 5.74) is -0.792. The van der Waals surface area contributed by atoms with E-state index >= 15 is 4.39 Å². The molecule has 0 fully saturated rings. The summed E-state index contributed by atoms with van der Waals surface area (Å²) in [6, 6.07) is 11.2. The number of halogens is 1. The first kappa shape index (κ1) is 53.0. The van der Waals surface area contributed by atoms with Gasteiger partial charge < -0.3 is 60.3 Å². The predicted molar refractivity (Wildman–Crippen MR) is 253 cm³/mol. The number of nitrogens with one attached hydrogen (secondary N) is 5. The minimum absolute atomic E-state index is 0.0114. The molecule has 0 saturated carbocycles. The van der Waals surface area contributed by atoms with Crippen molar-refractivity contribution in [2.45, 2.75) is 57.6 Å². The molecule has 5 heterocycles. The number of aliphatic hydroxyl groups is 2. The Kier molecular flexibility index (Phi) is 17.5. The Morgan fingerprint density at radius 2 is 1.48 bits per heavy atom. The Morgan fingerprint density at radius 3 is 2.18 bits per heavy atom. The van der Waals surface area contributed by atoms with Crippen LogP contribution in [0.4, 0.5) is 10.1 Å². The fourth-order valence-electron chi connectivity index (χ4n) is 8.27. The van der Waals surface area contributed by atoms with Gasteiger partial charge in [0.2, 0.25) is 29.5 Å². The second kappa shape index (κ2) is 24.1. The molecule has 0 unspecified atom stereocenters. The zero-order chi connectivity index (χ0) is 52.2. The predicted octanol–water partition coefficient (Wildman–Crippen LogP) is -0.909. The van der Waals surface area contributed by atoms with E-state index in [1.165, 1.54) is 28.9 Å². The molecule has 3 aliphatic rings. The van der Waals surface area contributed by atoms with Crippen LogP contribution in [0.15, 0.2) is 65.5 Å². The highest BCUT2D eigenvalue weighted by Crippen LogP contribution is 2.41. The second-order valence-electron chi connectivity index (χ2n) is 16.9. The van der Waals surface area contributed by atoms with Crippen LogP contribution in [0.1, 0.15) is 47.6 Å². The molecule has 0 aliphatic carbocycles. The molecule has 4 aromatic rings. The molecule has 73 heavy (non-hydrogen) atoms. The molecular weight excluding hydrogens is 960 g/mol. The molecule has 0 radical (unpaired) electrons. The van der Waals surface area contributed by atoms with Crippen LogP contribution in [-0.2, 0) is 89.1 Å². The van der Waals surface area contributed by atoms with Gasteiger partial charge in [0.25, 0.3) is 17.4 Å². The zero-order valence-electron chi connectivity index (χ0n) is 39.6. The van der Waals surface area contributed by atoms with Gasteiger partial charge in [-0.3, -0.25) is 43.3 Å². The maximum Gasteiger partial charge on any atom is 0.343 e. The highest BCUT2D eigenvalue weighted by Gasteiger charge is 2.45. The van der Waals surface area contributed by atoms with E-state index in [1.54, 1.807) is 37.3 Å². The highest BCUT2D eigenvalue weighted by molar-refractivity contribution is 6.12. The number of fused-ring (bicyclic) bond motifs is 5. The van der Waals surface area contributed by atoms with E-state index in [0.717, 1.165) is 11.0 Å². The lowest BCUT2D eigenvalue weighted by molar-refractivity contribution is -0.172. The van der Waals surface area contributed by atoms with Crippen LogP contribution in [0.3, 0.4) is 0 Å². The van der Waals surface area contributed by atoms with Crippen LogP contribution < -0.4 is 32.1 Å². The fraction of sp³-hybridized carbons (Fsp3) is 0.388. The number of imide groups is 1. The van der Waals surface area contributed by atoms with Crippen LogP contribution in [0.2, 0.25) is 0 Å². The summed E-state index contributed by atoms with van der Waals surface area (Å²) in [5, 5.41) is 34.2. The molecule has 3 aliphatic heterocycles. The Bertz CT molecular complexity index is 2890. The number of nitrogens with zero attached hydrogens (tertiary/aromatic N) is 3. The molecule has 24 heteroatoms. The Balaban J connectivity index is 0.856. The SMILES string of the molecule is CC[C@@]1(O)C(=O)OCc2c1cc1n(c2=O)Cc2c-1nc1cc(F)c(NC(=O)CNC(=O)[C@H](Cc3ccccc3)NC(=O)CNC(=O)CNC(=O)CCOCCOCCOCCN3C(=O)C=CC3=O)cc1c2CO. The van der Waals surface area contributed by atoms with Gasteiger partial charge in [-0.2, -0.15) is 0 Å². The highest BCUT2D eigenvalue weighted by atomic mass is 19.1. The van der Waals surface area contributed by atoms with Crippen molar-refractivity contribution in [3.8, 4) is 11.4 Å². The number of aromatic nitrogens is 2. The van der Waals surface area contributed by atoms with E-state index in [9.17, 15) is 53.4 Å². The summed E-state index contributed by atoms with van der Waals surface area (Å²) >= 11 is 0. The monoisotopic (exact) mass is 1010 g/mol. The van der Waals surface area contributed by atoms with Crippen molar-refractivity contribution in [1.29, 1.82) is 0 Å². The second-order valence-corrected chi connectivity index (χ2v) is 16.9. The van der Waals surface area contributed by atoms with Gasteiger partial charge in [0, 0.05) is 47.6 Å². The van der Waals surface area contributed by atoms with Gasteiger partial charge in [-0.05, 0) is 29.7 Å². The maximum atomic E-state index is 15.7. The minimum atomic E-state index is -2.07. The number of hydrogen-bond donors (Lipinski definition) is 7. The van der Waals surface area contributed by atoms with Crippen molar-refractivity contribution < 1.29 is 71.9 Å². The number of anilines is 1. The smallest absolute Gasteiger partial charge is 0.343 e. The van der Waals surface area contributed by atoms with Gasteiger partial charge >= 0.3 is 5.97 Å². The summed E-state index contributed by atoms with van der Waals surface area (Å²) in [4.78, 5) is 119. The van der Waals surface area contributed by atoms with Crippen LogP contribution in [0.5, 0.6) is 0 Å². The molecule has 2 aromatic carbocycles. The summed E-state index contributed by atoms with van der Waals surface area (Å²) < 4.78 is 38.3. The number of aliphatic hydroxyl groups excluding tert-OH is 1. The number of benzene rings is 2. The summed E-state index contributed by atoms with van der Waals surface area (Å²) in [6.07, 6.45) is 2.25. The number of pyridine rings is 2. The van der Waals surface area contributed by atoms with E-state index < -0.39 is 84.8 Å². The molecule has 23 nitrogen and oxygen atoms in total. The van der Waals surface area contributed by atoms with Crippen molar-refractivity contribution in [3.05, 3.63) is 105 Å². The summed E-state index contributed by atoms with van der Waals surface area (Å²) in [7, 11) is 0. The first-order valence-corrected chi connectivity index (χ1v) is 23.3. The standard InChI is InChI=1S/C49H53FN8O15/c1-2-49(69)33-20-38-45-30(25-58(38)47(67)32(33)27-73-48(49)68)31(26-59)29-19-36(34(50)21-35(29)56-45)54-42(63)24-53-46(66)37(18-28-6-4-3-5-7-28)55-41(62)23-52-40(61)22-51-39(60)10-12-70-14-16-72-17-15-71-13-11-57-43(64)8-9-44(57)65/h3-9,19-21,37,59,69H,2,10-18,22-27H2,1H3,(H,51,60)(H,52,61)(H,53,66)(H,54,63)(H,55,62)/t37-,49-/m0/s1. The molecule has 386 valence electrons. The lowest BCUT2D eigenvalue weighted by atomic mass is 9.86. The third kappa shape index (κ3) is 12.6.